The molecule has 1 spiro atoms. The Kier molecular flexibility index (Phi) is 2.95. The van der Waals surface area contributed by atoms with Gasteiger partial charge in [-0.25, -0.2) is 0 Å². The monoisotopic (exact) mass is 284 g/mol. The van der Waals surface area contributed by atoms with Gasteiger partial charge in [-0.3, -0.25) is 4.18 Å². The van der Waals surface area contributed by atoms with Crippen molar-refractivity contribution in [1.82, 2.24) is 0 Å². The minimum absolute atomic E-state index is 0.114. The van der Waals surface area contributed by atoms with Gasteiger partial charge < -0.3 is 0 Å². The van der Waals surface area contributed by atoms with E-state index in [1.54, 1.807) is 24.3 Å². The fourth-order valence-electron chi connectivity index (χ4n) is 2.54. The summed E-state index contributed by atoms with van der Waals surface area (Å²) in [5.74, 6) is 2.33. The van der Waals surface area contributed by atoms with Gasteiger partial charge >= 0.3 is 0 Å². The third kappa shape index (κ3) is 2.19. The van der Waals surface area contributed by atoms with Crippen LogP contribution in [0.4, 0.5) is 0 Å². The maximum absolute atomic E-state index is 12.0. The highest BCUT2D eigenvalue weighted by atomic mass is 32.2. The molecule has 0 aromatic heterocycles. The maximum Gasteiger partial charge on any atom is 0.297 e. The Morgan fingerprint density at radius 1 is 1.22 bits per heavy atom. The second kappa shape index (κ2) is 4.25. The molecule has 5 heteroatoms. The zero-order valence-corrected chi connectivity index (χ0v) is 11.9. The Bertz CT molecular complexity index is 536. The predicted molar refractivity (Wildman–Crippen MR) is 72.2 cm³/mol. The highest BCUT2D eigenvalue weighted by Crippen LogP contribution is 2.54. The van der Waals surface area contributed by atoms with Crippen LogP contribution in [0.1, 0.15) is 18.4 Å². The van der Waals surface area contributed by atoms with Crippen LogP contribution in [0.5, 0.6) is 0 Å². The van der Waals surface area contributed by atoms with E-state index in [0.29, 0.717) is 5.41 Å². The standard InChI is InChI=1S/C13H16O3S2/c1-10-2-4-12(5-3-10)18(14,15)16-11-6-13(7-11)8-17-9-13/h2-5,11H,6-9H2,1H3. The highest BCUT2D eigenvalue weighted by molar-refractivity contribution is 8.00. The zero-order chi connectivity index (χ0) is 12.8. The maximum atomic E-state index is 12.0. The molecule has 2 aliphatic rings. The number of thioether (sulfide) groups is 1. The molecule has 1 aromatic carbocycles. The third-order valence-electron chi connectivity index (χ3n) is 3.71. The number of aryl methyl sites for hydroxylation is 1. The molecule has 3 nitrogen and oxygen atoms in total. The first-order valence-corrected chi connectivity index (χ1v) is 8.63. The van der Waals surface area contributed by atoms with Crippen molar-refractivity contribution in [1.29, 1.82) is 0 Å². The topological polar surface area (TPSA) is 43.4 Å². The van der Waals surface area contributed by atoms with Crippen molar-refractivity contribution in [2.75, 3.05) is 11.5 Å². The van der Waals surface area contributed by atoms with Crippen LogP contribution >= 0.6 is 11.8 Å². The van der Waals surface area contributed by atoms with Crippen LogP contribution in [-0.2, 0) is 14.3 Å². The fraction of sp³-hybridized carbons (Fsp3) is 0.538. The molecule has 0 unspecified atom stereocenters. The lowest BCUT2D eigenvalue weighted by Crippen LogP contribution is -2.51. The van der Waals surface area contributed by atoms with Crippen LogP contribution in [0.25, 0.3) is 0 Å². The summed E-state index contributed by atoms with van der Waals surface area (Å²) in [7, 11) is -3.58. The van der Waals surface area contributed by atoms with Crippen LogP contribution in [0, 0.1) is 12.3 Å². The molecule has 0 atom stereocenters. The SMILES string of the molecule is Cc1ccc(S(=O)(=O)OC2CC3(CSC3)C2)cc1. The van der Waals surface area contributed by atoms with Gasteiger partial charge in [0.25, 0.3) is 10.1 Å². The van der Waals surface area contributed by atoms with Gasteiger partial charge in [0.15, 0.2) is 0 Å². The largest absolute Gasteiger partial charge is 0.297 e. The summed E-state index contributed by atoms with van der Waals surface area (Å²) in [6.07, 6.45) is 1.67. The van der Waals surface area contributed by atoms with E-state index in [4.69, 9.17) is 4.18 Å². The van der Waals surface area contributed by atoms with Crippen LogP contribution in [0.2, 0.25) is 0 Å². The fourth-order valence-corrected chi connectivity index (χ4v) is 4.87. The Morgan fingerprint density at radius 2 is 1.83 bits per heavy atom. The predicted octanol–water partition coefficient (Wildman–Crippen LogP) is 2.60. The first kappa shape index (κ1) is 12.5. The van der Waals surface area contributed by atoms with Gasteiger partial charge in [0.1, 0.15) is 0 Å². The summed E-state index contributed by atoms with van der Waals surface area (Å²) in [4.78, 5) is 0.261. The van der Waals surface area contributed by atoms with Crippen LogP contribution in [0.15, 0.2) is 29.2 Å². The van der Waals surface area contributed by atoms with E-state index in [2.05, 4.69) is 0 Å². The first-order valence-electron chi connectivity index (χ1n) is 6.07. The van der Waals surface area contributed by atoms with E-state index in [-0.39, 0.29) is 11.0 Å². The molecule has 1 aliphatic carbocycles. The molecule has 0 bridgehead atoms. The summed E-state index contributed by atoms with van der Waals surface area (Å²) >= 11 is 1.93. The van der Waals surface area contributed by atoms with Crippen molar-refractivity contribution >= 4 is 21.9 Å². The van der Waals surface area contributed by atoms with Gasteiger partial charge in [0.2, 0.25) is 0 Å². The molecule has 1 aliphatic heterocycles. The van der Waals surface area contributed by atoms with Crippen molar-refractivity contribution in [3.8, 4) is 0 Å². The number of rotatable bonds is 3. The zero-order valence-electron chi connectivity index (χ0n) is 10.3. The summed E-state index contributed by atoms with van der Waals surface area (Å²) < 4.78 is 29.4. The summed E-state index contributed by atoms with van der Waals surface area (Å²) in [5, 5.41) is 0. The van der Waals surface area contributed by atoms with E-state index < -0.39 is 10.1 Å². The minimum Gasteiger partial charge on any atom is -0.263 e. The summed E-state index contributed by atoms with van der Waals surface area (Å²) in [6.45, 7) is 1.93. The van der Waals surface area contributed by atoms with Crippen LogP contribution in [0.3, 0.4) is 0 Å². The molecule has 18 heavy (non-hydrogen) atoms. The average molecular weight is 284 g/mol. The lowest BCUT2D eigenvalue weighted by atomic mass is 9.69. The molecule has 1 heterocycles. The Hall–Kier alpha value is -0.520. The second-order valence-electron chi connectivity index (χ2n) is 5.39. The van der Waals surface area contributed by atoms with Crippen molar-refractivity contribution in [3.63, 3.8) is 0 Å². The van der Waals surface area contributed by atoms with Crippen LogP contribution in [-0.4, -0.2) is 26.0 Å². The van der Waals surface area contributed by atoms with E-state index >= 15 is 0 Å². The van der Waals surface area contributed by atoms with Crippen molar-refractivity contribution in [3.05, 3.63) is 29.8 Å². The van der Waals surface area contributed by atoms with Gasteiger partial charge in [-0.1, -0.05) is 17.7 Å². The minimum atomic E-state index is -3.58. The molecular weight excluding hydrogens is 268 g/mol. The molecule has 3 rings (SSSR count). The highest BCUT2D eigenvalue weighted by Gasteiger charge is 2.50. The lowest BCUT2D eigenvalue weighted by Gasteiger charge is -2.52. The summed E-state index contributed by atoms with van der Waals surface area (Å²) in [6, 6.07) is 6.80. The van der Waals surface area contributed by atoms with E-state index in [1.807, 2.05) is 18.7 Å². The lowest BCUT2D eigenvalue weighted by molar-refractivity contribution is 0.0143. The van der Waals surface area contributed by atoms with Crippen molar-refractivity contribution in [2.45, 2.75) is 30.8 Å². The molecule has 1 aromatic rings. The smallest absolute Gasteiger partial charge is 0.263 e. The summed E-state index contributed by atoms with van der Waals surface area (Å²) in [5.41, 5.74) is 1.45. The number of hydrogen-bond donors (Lipinski definition) is 0. The molecular formula is C13H16O3S2. The van der Waals surface area contributed by atoms with Crippen LogP contribution < -0.4 is 0 Å². The van der Waals surface area contributed by atoms with E-state index in [0.717, 1.165) is 29.9 Å². The van der Waals surface area contributed by atoms with Gasteiger partial charge in [-0.15, -0.1) is 0 Å². The van der Waals surface area contributed by atoms with Gasteiger partial charge in [-0.05, 0) is 48.8 Å². The molecule has 0 N–H and O–H groups in total. The normalized spacial score (nSPS) is 22.5. The number of hydrogen-bond acceptors (Lipinski definition) is 4. The Balaban J connectivity index is 1.66. The quantitative estimate of drug-likeness (QED) is 0.800. The Labute approximate surface area is 112 Å². The molecule has 2 fully saturated rings. The average Bonchev–Trinajstić information content (AvgIpc) is 2.21. The number of benzene rings is 1. The molecule has 0 amide bonds. The second-order valence-corrected chi connectivity index (χ2v) is 7.94. The molecule has 98 valence electrons. The molecule has 1 saturated carbocycles. The molecule has 0 radical (unpaired) electrons. The van der Waals surface area contributed by atoms with Crippen molar-refractivity contribution < 1.29 is 12.6 Å². The molecule has 1 saturated heterocycles. The van der Waals surface area contributed by atoms with E-state index in [9.17, 15) is 8.42 Å². The van der Waals surface area contributed by atoms with Gasteiger partial charge in [-0.2, -0.15) is 20.2 Å². The third-order valence-corrected chi connectivity index (χ3v) is 6.72. The Morgan fingerprint density at radius 3 is 2.33 bits per heavy atom. The van der Waals surface area contributed by atoms with Gasteiger partial charge in [0.05, 0.1) is 11.0 Å². The first-order chi connectivity index (χ1) is 8.49. The van der Waals surface area contributed by atoms with E-state index in [1.165, 1.54) is 0 Å². The van der Waals surface area contributed by atoms with Gasteiger partial charge in [0, 0.05) is 0 Å². The van der Waals surface area contributed by atoms with Crippen molar-refractivity contribution in [2.24, 2.45) is 5.41 Å².